The number of anilines is 1. The van der Waals surface area contributed by atoms with Gasteiger partial charge in [-0.2, -0.15) is 5.26 Å². The minimum absolute atomic E-state index is 0.0377. The molecule has 2 N–H and O–H groups in total. The van der Waals surface area contributed by atoms with E-state index in [9.17, 15) is 17.6 Å². The fourth-order valence-corrected chi connectivity index (χ4v) is 3.06. The molecule has 0 saturated heterocycles. The predicted molar refractivity (Wildman–Crippen MR) is 109 cm³/mol. The number of aliphatic imine (C=N–C) groups is 1. The molecule has 0 spiro atoms. The molecule has 3 rings (SSSR count). The van der Waals surface area contributed by atoms with E-state index >= 15 is 0 Å². The molecule has 1 heterocycles. The Morgan fingerprint density at radius 3 is 2.28 bits per heavy atom. The summed E-state index contributed by atoms with van der Waals surface area (Å²) in [6.45, 7) is 1.54. The summed E-state index contributed by atoms with van der Waals surface area (Å²) < 4.78 is 65.6. The van der Waals surface area contributed by atoms with Gasteiger partial charge in [0.2, 0.25) is 5.96 Å². The first kappa shape index (κ1) is 22.7. The number of hydrogen-bond donors (Lipinski definition) is 2. The van der Waals surface area contributed by atoms with Crippen LogP contribution in [0.1, 0.15) is 11.1 Å². The third-order valence-corrected chi connectivity index (χ3v) is 4.64. The first-order valence-electron chi connectivity index (χ1n) is 9.26. The van der Waals surface area contributed by atoms with Gasteiger partial charge in [-0.3, -0.25) is 5.32 Å². The number of nitrogens with one attached hydrogen (secondary N) is 2. The number of hydrogen-bond acceptors (Lipinski definition) is 7. The second kappa shape index (κ2) is 9.47. The van der Waals surface area contributed by atoms with E-state index in [2.05, 4.69) is 15.6 Å². The van der Waals surface area contributed by atoms with Crippen molar-refractivity contribution in [2.24, 2.45) is 4.99 Å². The van der Waals surface area contributed by atoms with Gasteiger partial charge in [0.15, 0.2) is 47.1 Å². The average molecular weight is 449 g/mol. The van der Waals surface area contributed by atoms with Crippen molar-refractivity contribution in [1.29, 1.82) is 5.26 Å². The van der Waals surface area contributed by atoms with Gasteiger partial charge >= 0.3 is 0 Å². The molecule has 0 radical (unpaired) electrons. The van der Waals surface area contributed by atoms with Crippen molar-refractivity contribution < 1.29 is 27.0 Å². The maximum absolute atomic E-state index is 14.4. The van der Waals surface area contributed by atoms with Crippen LogP contribution in [-0.2, 0) is 6.54 Å². The Labute approximate surface area is 181 Å². The fraction of sp³-hybridized carbons (Fsp3) is 0.238. The number of nitrogens with zero attached hydrogens (tertiary/aromatic N) is 3. The molecular formula is C21H19F4N5O2. The molecule has 1 unspecified atom stereocenters. The Hall–Kier alpha value is -3.94. The van der Waals surface area contributed by atoms with E-state index in [1.165, 1.54) is 19.1 Å². The first-order valence-corrected chi connectivity index (χ1v) is 9.26. The number of ether oxygens (including phenoxy) is 2. The summed E-state index contributed by atoms with van der Waals surface area (Å²) in [7, 11) is 2.95. The fourth-order valence-electron chi connectivity index (χ4n) is 3.06. The number of aryl methyl sites for hydroxylation is 1. The molecule has 0 amide bonds. The van der Waals surface area contributed by atoms with Gasteiger partial charge in [0.25, 0.3) is 0 Å². The van der Waals surface area contributed by atoms with E-state index in [0.717, 1.165) is 23.9 Å². The van der Waals surface area contributed by atoms with Crippen molar-refractivity contribution in [1.82, 2.24) is 10.2 Å². The van der Waals surface area contributed by atoms with Crippen LogP contribution in [0.25, 0.3) is 0 Å². The lowest BCUT2D eigenvalue weighted by molar-refractivity contribution is 0.355. The van der Waals surface area contributed by atoms with Gasteiger partial charge in [-0.15, -0.1) is 0 Å². The average Bonchev–Trinajstić information content (AvgIpc) is 2.76. The Morgan fingerprint density at radius 2 is 1.69 bits per heavy atom. The summed E-state index contributed by atoms with van der Waals surface area (Å²) in [5, 5.41) is 14.1. The zero-order valence-corrected chi connectivity index (χ0v) is 17.3. The highest BCUT2D eigenvalue weighted by atomic mass is 19.2. The minimum atomic E-state index is -1.60. The number of guanidine groups is 1. The lowest BCUT2D eigenvalue weighted by atomic mass is 10.1. The molecule has 2 aromatic rings. The molecule has 0 saturated carbocycles. The summed E-state index contributed by atoms with van der Waals surface area (Å²) in [4.78, 5) is 5.39. The first-order chi connectivity index (χ1) is 15.3. The van der Waals surface area contributed by atoms with Crippen molar-refractivity contribution in [2.75, 3.05) is 19.5 Å². The van der Waals surface area contributed by atoms with E-state index in [0.29, 0.717) is 17.2 Å². The lowest BCUT2D eigenvalue weighted by Gasteiger charge is -2.29. The van der Waals surface area contributed by atoms with Crippen LogP contribution in [0.15, 0.2) is 41.3 Å². The van der Waals surface area contributed by atoms with Crippen LogP contribution in [-0.4, -0.2) is 31.2 Å². The molecule has 1 aliphatic rings. The zero-order valence-electron chi connectivity index (χ0n) is 17.3. The van der Waals surface area contributed by atoms with Crippen LogP contribution in [0, 0.1) is 35.8 Å². The Morgan fingerprint density at radius 1 is 1.06 bits per heavy atom. The number of halogens is 4. The smallest absolute Gasteiger partial charge is 0.205 e. The largest absolute Gasteiger partial charge is 0.493 e. The Balaban J connectivity index is 1.98. The third kappa shape index (κ3) is 4.69. The van der Waals surface area contributed by atoms with Gasteiger partial charge < -0.3 is 19.7 Å². The van der Waals surface area contributed by atoms with Crippen LogP contribution in [0.5, 0.6) is 11.5 Å². The van der Waals surface area contributed by atoms with Gasteiger partial charge in [-0.1, -0.05) is 0 Å². The molecule has 1 aliphatic heterocycles. The lowest BCUT2D eigenvalue weighted by Crippen LogP contribution is -2.40. The molecule has 32 heavy (non-hydrogen) atoms. The highest BCUT2D eigenvalue weighted by molar-refractivity contribution is 5.96. The van der Waals surface area contributed by atoms with Gasteiger partial charge in [0.05, 0.1) is 20.8 Å². The number of rotatable bonds is 6. The van der Waals surface area contributed by atoms with Crippen molar-refractivity contribution in [3.63, 3.8) is 0 Å². The molecule has 1 atom stereocenters. The highest BCUT2D eigenvalue weighted by Gasteiger charge is 2.25. The summed E-state index contributed by atoms with van der Waals surface area (Å²) >= 11 is 0. The van der Waals surface area contributed by atoms with Crippen molar-refractivity contribution in [3.8, 4) is 17.7 Å². The van der Waals surface area contributed by atoms with Crippen LogP contribution in [0.3, 0.4) is 0 Å². The SMILES string of the molecule is COc1cc(C)c(NC2=NC(NC#N)C(F)=CN2Cc2cc(F)c(F)c(F)c2)cc1OC. The minimum Gasteiger partial charge on any atom is -0.493 e. The summed E-state index contributed by atoms with van der Waals surface area (Å²) in [5.41, 5.74) is 1.29. The van der Waals surface area contributed by atoms with Crippen molar-refractivity contribution in [2.45, 2.75) is 19.6 Å². The molecule has 0 aromatic heterocycles. The van der Waals surface area contributed by atoms with E-state index < -0.39 is 29.4 Å². The normalized spacial score (nSPS) is 15.4. The van der Waals surface area contributed by atoms with E-state index in [1.54, 1.807) is 25.2 Å². The van der Waals surface area contributed by atoms with Crippen LogP contribution in [0.2, 0.25) is 0 Å². The zero-order chi connectivity index (χ0) is 23.4. The Bertz CT molecular complexity index is 1110. The summed E-state index contributed by atoms with van der Waals surface area (Å²) in [6.07, 6.45) is 1.36. The van der Waals surface area contributed by atoms with Gasteiger partial charge in [-0.25, -0.2) is 22.6 Å². The summed E-state index contributed by atoms with van der Waals surface area (Å²) in [6, 6.07) is 4.96. The van der Waals surface area contributed by atoms with Crippen LogP contribution >= 0.6 is 0 Å². The molecule has 0 aliphatic carbocycles. The third-order valence-electron chi connectivity index (χ3n) is 4.64. The Kier molecular flexibility index (Phi) is 6.73. The quantitative estimate of drug-likeness (QED) is 0.301. The maximum Gasteiger partial charge on any atom is 0.205 e. The monoisotopic (exact) mass is 449 g/mol. The molecular weight excluding hydrogens is 430 g/mol. The van der Waals surface area contributed by atoms with Gasteiger partial charge in [-0.05, 0) is 36.2 Å². The number of methoxy groups -OCH3 is 2. The summed E-state index contributed by atoms with van der Waals surface area (Å²) in [5.74, 6) is -4.16. The molecule has 7 nitrogen and oxygen atoms in total. The topological polar surface area (TPSA) is 81.9 Å². The van der Waals surface area contributed by atoms with Crippen molar-refractivity contribution in [3.05, 3.63) is 64.9 Å². The molecule has 168 valence electrons. The molecule has 0 bridgehead atoms. The van der Waals surface area contributed by atoms with Crippen molar-refractivity contribution >= 4 is 11.6 Å². The maximum atomic E-state index is 14.4. The molecule has 11 heteroatoms. The van der Waals surface area contributed by atoms with Crippen LogP contribution < -0.4 is 20.1 Å². The highest BCUT2D eigenvalue weighted by Crippen LogP contribution is 2.33. The number of benzene rings is 2. The van der Waals surface area contributed by atoms with Gasteiger partial charge in [0, 0.05) is 18.0 Å². The second-order valence-corrected chi connectivity index (χ2v) is 6.77. The van der Waals surface area contributed by atoms with Crippen LogP contribution in [0.4, 0.5) is 23.2 Å². The van der Waals surface area contributed by atoms with E-state index in [-0.39, 0.29) is 18.1 Å². The number of nitriles is 1. The molecule has 2 aromatic carbocycles. The second-order valence-electron chi connectivity index (χ2n) is 6.77. The van der Waals surface area contributed by atoms with E-state index in [1.807, 2.05) is 0 Å². The standard InChI is InChI=1S/C21H19F4N5O2/c1-11-4-17(31-2)18(32-3)7-16(11)28-21-29-20(27-10-26)15(24)9-30(21)8-12-5-13(22)19(25)14(23)6-12/h4-7,9,20,27H,8H2,1-3H3,(H,28,29). The molecule has 0 fully saturated rings. The van der Waals surface area contributed by atoms with E-state index in [4.69, 9.17) is 14.7 Å². The van der Waals surface area contributed by atoms with Gasteiger partial charge in [0.1, 0.15) is 0 Å². The predicted octanol–water partition coefficient (Wildman–Crippen LogP) is 3.92.